The molecule has 6 nitrogen and oxygen atoms in total. The molecule has 0 saturated carbocycles. The van der Waals surface area contributed by atoms with Crippen LogP contribution in [-0.2, 0) is 4.79 Å². The molecule has 0 saturated heterocycles. The first-order chi connectivity index (χ1) is 16.0. The van der Waals surface area contributed by atoms with Gasteiger partial charge in [-0.3, -0.25) is 4.79 Å². The summed E-state index contributed by atoms with van der Waals surface area (Å²) < 4.78 is 1.74. The Bertz CT molecular complexity index is 1380. The molecule has 0 fully saturated rings. The molecule has 0 bridgehead atoms. The number of nitrogens with zero attached hydrogens (tertiary/aromatic N) is 3. The number of para-hydroxylation sites is 1. The lowest BCUT2D eigenvalue weighted by molar-refractivity contribution is -0.113. The number of carbonyl (C=O) groups is 1. The number of halogens is 1. The SMILES string of the molecule is CC1=C(C(=O)Nc2ccccc2)C(c2ccccc2Cl)n2nc(-c3cccc(C)c3)nc2N1. The molecule has 5 rings (SSSR count). The normalized spacial score (nSPS) is 15.1. The van der Waals surface area contributed by atoms with E-state index >= 15 is 0 Å². The second kappa shape index (κ2) is 8.56. The zero-order valence-corrected chi connectivity index (χ0v) is 19.0. The Labute approximate surface area is 196 Å². The van der Waals surface area contributed by atoms with Crippen LogP contribution < -0.4 is 10.6 Å². The van der Waals surface area contributed by atoms with E-state index in [1.165, 1.54) is 0 Å². The third-order valence-corrected chi connectivity index (χ3v) is 5.95. The first-order valence-electron chi connectivity index (χ1n) is 10.6. The minimum Gasteiger partial charge on any atom is -0.328 e. The molecule has 4 aromatic rings. The molecule has 1 amide bonds. The summed E-state index contributed by atoms with van der Waals surface area (Å²) in [5.74, 6) is 0.912. The van der Waals surface area contributed by atoms with E-state index in [1.54, 1.807) is 4.68 Å². The Morgan fingerprint density at radius 3 is 2.52 bits per heavy atom. The summed E-state index contributed by atoms with van der Waals surface area (Å²) in [5.41, 5.74) is 4.74. The van der Waals surface area contributed by atoms with E-state index in [4.69, 9.17) is 21.7 Å². The van der Waals surface area contributed by atoms with Crippen molar-refractivity contribution < 1.29 is 4.79 Å². The molecule has 2 N–H and O–H groups in total. The second-order valence-electron chi connectivity index (χ2n) is 7.98. The number of amides is 1. The molecule has 3 aromatic carbocycles. The van der Waals surface area contributed by atoms with Crippen molar-refractivity contribution in [2.45, 2.75) is 19.9 Å². The molecule has 1 atom stereocenters. The highest BCUT2D eigenvalue weighted by atomic mass is 35.5. The fourth-order valence-electron chi connectivity index (χ4n) is 4.06. The zero-order chi connectivity index (χ0) is 22.9. The minimum atomic E-state index is -0.537. The number of nitrogens with one attached hydrogen (secondary N) is 2. The predicted octanol–water partition coefficient (Wildman–Crippen LogP) is 5.83. The van der Waals surface area contributed by atoms with E-state index in [-0.39, 0.29) is 5.91 Å². The highest BCUT2D eigenvalue weighted by Gasteiger charge is 2.35. The number of allylic oxidation sites excluding steroid dienone is 1. The standard InChI is InChI=1S/C26H22ClN5O/c1-16-9-8-10-18(15-16)24-30-26-28-17(2)22(25(33)29-19-11-4-3-5-12-19)23(32(26)31-24)20-13-6-7-14-21(20)27/h3-15,23H,1-2H3,(H,29,33)(H,28,30,31). The van der Waals surface area contributed by atoms with Gasteiger partial charge in [0.2, 0.25) is 5.95 Å². The predicted molar refractivity (Wildman–Crippen MR) is 131 cm³/mol. The van der Waals surface area contributed by atoms with Gasteiger partial charge < -0.3 is 10.6 Å². The third kappa shape index (κ3) is 4.01. The van der Waals surface area contributed by atoms with Gasteiger partial charge in [0.25, 0.3) is 5.91 Å². The highest BCUT2D eigenvalue weighted by molar-refractivity contribution is 6.31. The highest BCUT2D eigenvalue weighted by Crippen LogP contribution is 2.39. The molecule has 1 aliphatic rings. The maximum absolute atomic E-state index is 13.5. The van der Waals surface area contributed by atoms with Crippen LogP contribution in [0.3, 0.4) is 0 Å². The number of aromatic nitrogens is 3. The van der Waals surface area contributed by atoms with Crippen LogP contribution in [0, 0.1) is 6.92 Å². The molecule has 164 valence electrons. The van der Waals surface area contributed by atoms with E-state index in [0.29, 0.717) is 33.8 Å². The number of anilines is 2. The van der Waals surface area contributed by atoms with Crippen LogP contribution >= 0.6 is 11.6 Å². The fourth-order valence-corrected chi connectivity index (χ4v) is 4.29. The lowest BCUT2D eigenvalue weighted by Gasteiger charge is -2.29. The molecule has 0 aliphatic carbocycles. The summed E-state index contributed by atoms with van der Waals surface area (Å²) in [6.07, 6.45) is 0. The van der Waals surface area contributed by atoms with Gasteiger partial charge in [0.1, 0.15) is 6.04 Å². The average molecular weight is 456 g/mol. The van der Waals surface area contributed by atoms with Crippen LogP contribution in [0.2, 0.25) is 5.02 Å². The topological polar surface area (TPSA) is 71.8 Å². The van der Waals surface area contributed by atoms with E-state index in [0.717, 1.165) is 16.7 Å². The summed E-state index contributed by atoms with van der Waals surface area (Å²) in [6, 6.07) is 24.4. The first kappa shape index (κ1) is 21.0. The third-order valence-electron chi connectivity index (χ3n) is 5.60. The summed E-state index contributed by atoms with van der Waals surface area (Å²) in [4.78, 5) is 18.2. The number of benzene rings is 3. The van der Waals surface area contributed by atoms with Gasteiger partial charge in [0, 0.05) is 27.5 Å². The number of rotatable bonds is 4. The van der Waals surface area contributed by atoms with Gasteiger partial charge in [-0.05, 0) is 38.1 Å². The molecule has 1 unspecified atom stereocenters. The van der Waals surface area contributed by atoms with Crippen molar-refractivity contribution in [3.63, 3.8) is 0 Å². The molecule has 7 heteroatoms. The van der Waals surface area contributed by atoms with Gasteiger partial charge in [-0.25, -0.2) is 4.68 Å². The lowest BCUT2D eigenvalue weighted by atomic mass is 9.95. The van der Waals surface area contributed by atoms with Crippen LogP contribution in [0.25, 0.3) is 11.4 Å². The van der Waals surface area contributed by atoms with Gasteiger partial charge in [-0.1, -0.05) is 71.8 Å². The number of aryl methyl sites for hydroxylation is 1. The van der Waals surface area contributed by atoms with E-state index < -0.39 is 6.04 Å². The van der Waals surface area contributed by atoms with Gasteiger partial charge >= 0.3 is 0 Å². The van der Waals surface area contributed by atoms with E-state index in [1.807, 2.05) is 92.7 Å². The second-order valence-corrected chi connectivity index (χ2v) is 8.39. The lowest BCUT2D eigenvalue weighted by Crippen LogP contribution is -2.31. The van der Waals surface area contributed by atoms with Crippen LogP contribution in [0.1, 0.15) is 24.1 Å². The number of fused-ring (bicyclic) bond motifs is 1. The molecule has 1 aromatic heterocycles. The van der Waals surface area contributed by atoms with Crippen LogP contribution in [0.4, 0.5) is 11.6 Å². The Morgan fingerprint density at radius 2 is 1.76 bits per heavy atom. The maximum Gasteiger partial charge on any atom is 0.255 e. The number of carbonyl (C=O) groups excluding carboxylic acids is 1. The van der Waals surface area contributed by atoms with Crippen molar-refractivity contribution >= 4 is 29.1 Å². The number of hydrogen-bond acceptors (Lipinski definition) is 4. The van der Waals surface area contributed by atoms with Crippen LogP contribution in [0.15, 0.2) is 90.1 Å². The van der Waals surface area contributed by atoms with Crippen LogP contribution in [0.5, 0.6) is 0 Å². The van der Waals surface area contributed by atoms with Crippen molar-refractivity contribution in [1.29, 1.82) is 0 Å². The summed E-state index contributed by atoms with van der Waals surface area (Å²) in [5, 5.41) is 11.6. The average Bonchev–Trinajstić information content (AvgIpc) is 3.23. The molecule has 0 radical (unpaired) electrons. The van der Waals surface area contributed by atoms with Crippen molar-refractivity contribution in [1.82, 2.24) is 14.8 Å². The molecular weight excluding hydrogens is 434 g/mol. The molecule has 2 heterocycles. The number of hydrogen-bond donors (Lipinski definition) is 2. The van der Waals surface area contributed by atoms with Gasteiger partial charge in [-0.15, -0.1) is 5.10 Å². The maximum atomic E-state index is 13.5. The van der Waals surface area contributed by atoms with Crippen molar-refractivity contribution in [3.05, 3.63) is 106 Å². The molecule has 33 heavy (non-hydrogen) atoms. The summed E-state index contributed by atoms with van der Waals surface area (Å²) >= 11 is 6.61. The molecule has 1 aliphatic heterocycles. The minimum absolute atomic E-state index is 0.227. The smallest absolute Gasteiger partial charge is 0.255 e. The fraction of sp³-hybridized carbons (Fsp3) is 0.115. The molecular formula is C26H22ClN5O. The summed E-state index contributed by atoms with van der Waals surface area (Å²) in [6.45, 7) is 3.90. The van der Waals surface area contributed by atoms with Gasteiger partial charge in [0.15, 0.2) is 5.82 Å². The van der Waals surface area contributed by atoms with Crippen molar-refractivity contribution in [2.24, 2.45) is 0 Å². The monoisotopic (exact) mass is 455 g/mol. The quantitative estimate of drug-likeness (QED) is 0.406. The molecule has 0 spiro atoms. The van der Waals surface area contributed by atoms with Gasteiger partial charge in [-0.2, -0.15) is 4.98 Å². The Balaban J connectivity index is 1.63. The summed E-state index contributed by atoms with van der Waals surface area (Å²) in [7, 11) is 0. The Hall–Kier alpha value is -3.90. The Kier molecular flexibility index (Phi) is 5.44. The Morgan fingerprint density at radius 1 is 1.00 bits per heavy atom. The van der Waals surface area contributed by atoms with E-state index in [9.17, 15) is 4.79 Å². The van der Waals surface area contributed by atoms with Gasteiger partial charge in [0.05, 0.1) is 5.57 Å². The zero-order valence-electron chi connectivity index (χ0n) is 18.2. The van der Waals surface area contributed by atoms with E-state index in [2.05, 4.69) is 10.6 Å². The van der Waals surface area contributed by atoms with Crippen LogP contribution in [-0.4, -0.2) is 20.7 Å². The van der Waals surface area contributed by atoms with Crippen molar-refractivity contribution in [3.8, 4) is 11.4 Å². The van der Waals surface area contributed by atoms with Crippen molar-refractivity contribution in [2.75, 3.05) is 10.6 Å². The largest absolute Gasteiger partial charge is 0.328 e. The first-order valence-corrected chi connectivity index (χ1v) is 11.0.